The van der Waals surface area contributed by atoms with Gasteiger partial charge in [-0.3, -0.25) is 0 Å². The number of nitrogen functional groups attached to an aromatic ring is 1. The molecule has 0 aliphatic rings. The molecule has 2 N–H and O–H groups in total. The molecule has 3 heteroatoms. The van der Waals surface area contributed by atoms with E-state index in [9.17, 15) is 0 Å². The van der Waals surface area contributed by atoms with Gasteiger partial charge in [-0.05, 0) is 24.3 Å². The van der Waals surface area contributed by atoms with E-state index in [-0.39, 0.29) is 0 Å². The number of nitrogens with two attached hydrogens (primary N) is 1. The molecule has 1 aromatic rings. The molecule has 1 rings (SSSR count). The van der Waals surface area contributed by atoms with Crippen LogP contribution in [0.1, 0.15) is 0 Å². The molecule has 0 aliphatic heterocycles. The Balaban J connectivity index is 2.28. The van der Waals surface area contributed by atoms with Crippen LogP contribution in [0.25, 0.3) is 0 Å². The summed E-state index contributed by atoms with van der Waals surface area (Å²) in [6.45, 7) is 4.44. The van der Waals surface area contributed by atoms with Crippen LogP contribution in [0.15, 0.2) is 37.1 Å². The number of hydrogen-bond donors (Lipinski definition) is 1. The highest BCUT2D eigenvalue weighted by molar-refractivity contribution is 5.41. The summed E-state index contributed by atoms with van der Waals surface area (Å²) < 4.78 is 10.2. The maximum absolute atomic E-state index is 5.51. The zero-order valence-electron chi connectivity index (χ0n) is 7.40. The topological polar surface area (TPSA) is 44.5 Å². The minimum Gasteiger partial charge on any atom is -0.498 e. The molecule has 0 amide bonds. The lowest BCUT2D eigenvalue weighted by atomic mass is 10.3. The zero-order valence-corrected chi connectivity index (χ0v) is 7.40. The van der Waals surface area contributed by atoms with Crippen LogP contribution < -0.4 is 10.5 Å². The average molecular weight is 179 g/mol. The summed E-state index contributed by atoms with van der Waals surface area (Å²) in [6, 6.07) is 7.24. The summed E-state index contributed by atoms with van der Waals surface area (Å²) in [5.41, 5.74) is 6.24. The smallest absolute Gasteiger partial charge is 0.122 e. The van der Waals surface area contributed by atoms with E-state index in [0.717, 1.165) is 11.4 Å². The summed E-state index contributed by atoms with van der Waals surface area (Å²) in [4.78, 5) is 0. The Morgan fingerprint density at radius 2 is 1.92 bits per heavy atom. The Kier molecular flexibility index (Phi) is 3.70. The minimum absolute atomic E-state index is 0.508. The van der Waals surface area contributed by atoms with Gasteiger partial charge in [0.1, 0.15) is 19.0 Å². The molecule has 0 saturated heterocycles. The molecule has 0 unspecified atom stereocenters. The van der Waals surface area contributed by atoms with Crippen molar-refractivity contribution in [3.8, 4) is 5.75 Å². The van der Waals surface area contributed by atoms with Gasteiger partial charge in [-0.2, -0.15) is 0 Å². The molecular formula is C10H13NO2. The van der Waals surface area contributed by atoms with Crippen LogP contribution in [0, 0.1) is 0 Å². The highest BCUT2D eigenvalue weighted by atomic mass is 16.5. The number of rotatable bonds is 5. The van der Waals surface area contributed by atoms with Gasteiger partial charge in [0.15, 0.2) is 0 Å². The van der Waals surface area contributed by atoms with Crippen LogP contribution in [-0.4, -0.2) is 13.2 Å². The molecular weight excluding hydrogens is 166 g/mol. The fourth-order valence-corrected chi connectivity index (χ4v) is 0.855. The van der Waals surface area contributed by atoms with Crippen LogP contribution in [0.3, 0.4) is 0 Å². The van der Waals surface area contributed by atoms with Crippen molar-refractivity contribution >= 4 is 5.69 Å². The van der Waals surface area contributed by atoms with Crippen LogP contribution in [0.2, 0.25) is 0 Å². The molecule has 0 spiro atoms. The van der Waals surface area contributed by atoms with Gasteiger partial charge < -0.3 is 15.2 Å². The Labute approximate surface area is 77.8 Å². The normalized spacial score (nSPS) is 9.23. The van der Waals surface area contributed by atoms with E-state index in [1.165, 1.54) is 6.26 Å². The van der Waals surface area contributed by atoms with Crippen molar-refractivity contribution in [3.05, 3.63) is 37.1 Å². The van der Waals surface area contributed by atoms with Gasteiger partial charge in [-0.1, -0.05) is 6.58 Å². The van der Waals surface area contributed by atoms with Crippen LogP contribution in [0.5, 0.6) is 5.75 Å². The summed E-state index contributed by atoms with van der Waals surface area (Å²) in [5.74, 6) is 0.793. The van der Waals surface area contributed by atoms with Crippen LogP contribution in [-0.2, 0) is 4.74 Å². The summed E-state index contributed by atoms with van der Waals surface area (Å²) >= 11 is 0. The highest BCUT2D eigenvalue weighted by Gasteiger charge is 1.91. The van der Waals surface area contributed by atoms with Crippen molar-refractivity contribution in [2.75, 3.05) is 18.9 Å². The van der Waals surface area contributed by atoms with Crippen molar-refractivity contribution in [1.82, 2.24) is 0 Å². The molecule has 3 nitrogen and oxygen atoms in total. The Morgan fingerprint density at radius 3 is 2.54 bits per heavy atom. The quantitative estimate of drug-likeness (QED) is 0.426. The predicted molar refractivity (Wildman–Crippen MR) is 52.5 cm³/mol. The lowest BCUT2D eigenvalue weighted by Gasteiger charge is -2.05. The van der Waals surface area contributed by atoms with E-state index >= 15 is 0 Å². The van der Waals surface area contributed by atoms with Gasteiger partial charge in [0, 0.05) is 5.69 Å². The van der Waals surface area contributed by atoms with Crippen molar-refractivity contribution in [3.63, 3.8) is 0 Å². The van der Waals surface area contributed by atoms with Gasteiger partial charge >= 0.3 is 0 Å². The second-order valence-electron chi connectivity index (χ2n) is 2.45. The summed E-state index contributed by atoms with van der Waals surface area (Å²) in [5, 5.41) is 0. The van der Waals surface area contributed by atoms with Crippen LogP contribution in [0.4, 0.5) is 5.69 Å². The van der Waals surface area contributed by atoms with Gasteiger partial charge in [0.2, 0.25) is 0 Å². The van der Waals surface area contributed by atoms with Gasteiger partial charge in [0.25, 0.3) is 0 Å². The number of anilines is 1. The Hall–Kier alpha value is -1.64. The first kappa shape index (κ1) is 9.45. The van der Waals surface area contributed by atoms with E-state index in [1.54, 1.807) is 12.1 Å². The molecule has 0 saturated carbocycles. The van der Waals surface area contributed by atoms with E-state index in [0.29, 0.717) is 13.2 Å². The molecule has 0 heterocycles. The van der Waals surface area contributed by atoms with Crippen molar-refractivity contribution < 1.29 is 9.47 Å². The fraction of sp³-hybridized carbons (Fsp3) is 0.200. The first-order valence-corrected chi connectivity index (χ1v) is 4.04. The molecule has 0 atom stereocenters. The van der Waals surface area contributed by atoms with E-state index in [2.05, 4.69) is 6.58 Å². The average Bonchev–Trinajstić information content (AvgIpc) is 2.15. The SMILES string of the molecule is C=COCCOc1ccc(N)cc1. The predicted octanol–water partition coefficient (Wildman–Crippen LogP) is 1.81. The molecule has 70 valence electrons. The van der Waals surface area contributed by atoms with E-state index in [4.69, 9.17) is 15.2 Å². The van der Waals surface area contributed by atoms with E-state index in [1.807, 2.05) is 12.1 Å². The number of hydrogen-bond acceptors (Lipinski definition) is 3. The lowest BCUT2D eigenvalue weighted by molar-refractivity contribution is 0.179. The molecule has 0 aromatic heterocycles. The maximum Gasteiger partial charge on any atom is 0.122 e. The first-order chi connectivity index (χ1) is 6.33. The Bertz CT molecular complexity index is 256. The molecule has 0 fully saturated rings. The third-order valence-electron chi connectivity index (χ3n) is 1.47. The molecule has 0 aliphatic carbocycles. The van der Waals surface area contributed by atoms with Crippen LogP contribution >= 0.6 is 0 Å². The lowest BCUT2D eigenvalue weighted by Crippen LogP contribution is -2.03. The molecule has 1 aromatic carbocycles. The second-order valence-corrected chi connectivity index (χ2v) is 2.45. The zero-order chi connectivity index (χ0) is 9.52. The maximum atomic E-state index is 5.51. The highest BCUT2D eigenvalue weighted by Crippen LogP contribution is 2.12. The monoisotopic (exact) mass is 179 g/mol. The molecule has 0 bridgehead atoms. The second kappa shape index (κ2) is 5.09. The fourth-order valence-electron chi connectivity index (χ4n) is 0.855. The molecule has 13 heavy (non-hydrogen) atoms. The van der Waals surface area contributed by atoms with Gasteiger partial charge in [0.05, 0.1) is 6.26 Å². The van der Waals surface area contributed by atoms with Gasteiger partial charge in [-0.25, -0.2) is 0 Å². The van der Waals surface area contributed by atoms with Crippen molar-refractivity contribution in [2.24, 2.45) is 0 Å². The third kappa shape index (κ3) is 3.51. The summed E-state index contributed by atoms with van der Waals surface area (Å²) in [7, 11) is 0. The van der Waals surface area contributed by atoms with Crippen molar-refractivity contribution in [1.29, 1.82) is 0 Å². The van der Waals surface area contributed by atoms with Gasteiger partial charge in [-0.15, -0.1) is 0 Å². The molecule has 0 radical (unpaired) electrons. The van der Waals surface area contributed by atoms with Crippen molar-refractivity contribution in [2.45, 2.75) is 0 Å². The number of benzene rings is 1. The number of ether oxygens (including phenoxy) is 2. The minimum atomic E-state index is 0.508. The first-order valence-electron chi connectivity index (χ1n) is 4.04. The summed E-state index contributed by atoms with van der Waals surface area (Å²) in [6.07, 6.45) is 1.40. The standard InChI is InChI=1S/C10H13NO2/c1-2-12-7-8-13-10-5-3-9(11)4-6-10/h2-6H,1,7-8,11H2. The third-order valence-corrected chi connectivity index (χ3v) is 1.47. The largest absolute Gasteiger partial charge is 0.498 e. The van der Waals surface area contributed by atoms with E-state index < -0.39 is 0 Å². The Morgan fingerprint density at radius 1 is 1.23 bits per heavy atom.